The number of aromatic nitrogens is 7. The van der Waals surface area contributed by atoms with Crippen molar-refractivity contribution in [1.82, 2.24) is 34.7 Å². The Morgan fingerprint density at radius 1 is 0.754 bits per heavy atom. The minimum atomic E-state index is -0.893. The predicted octanol–water partition coefficient (Wildman–Crippen LogP) is 9.53. The average molecular weight is 826 g/mol. The van der Waals surface area contributed by atoms with Crippen LogP contribution in [0.2, 0.25) is 0 Å². The number of tetrazole rings is 1. The molecule has 5 aromatic carbocycles. The molecule has 11 nitrogen and oxygen atoms in total. The van der Waals surface area contributed by atoms with Gasteiger partial charge in [-0.05, 0) is 69.3 Å². The number of rotatable bonds is 16. The Morgan fingerprint density at radius 3 is 1.95 bits per heavy atom. The minimum Gasteiger partial charge on any atom is -0.461 e. The fourth-order valence-electron chi connectivity index (χ4n) is 7.93. The molecule has 0 bridgehead atoms. The van der Waals surface area contributed by atoms with Crippen LogP contribution in [0.4, 0.5) is 11.5 Å². The van der Waals surface area contributed by atoms with Crippen LogP contribution in [-0.4, -0.2) is 54.4 Å². The lowest BCUT2D eigenvalue weighted by molar-refractivity contribution is 0.0513. The fourth-order valence-corrected chi connectivity index (χ4v) is 8.74. The molecule has 0 saturated heterocycles. The number of nitrogen functional groups attached to an aromatic ring is 1. The van der Waals surface area contributed by atoms with Gasteiger partial charge in [-0.25, -0.2) is 19.4 Å². The number of nitrogens with two attached hydrogens (primary N) is 1. The highest BCUT2D eigenvalue weighted by Crippen LogP contribution is 2.43. The molecule has 0 aliphatic carbocycles. The Bertz CT molecular complexity index is 2620. The molecule has 3 aromatic heterocycles. The van der Waals surface area contributed by atoms with Crippen LogP contribution in [-0.2, 0) is 29.0 Å². The number of ether oxygens (including phenoxy) is 1. The van der Waals surface area contributed by atoms with E-state index in [4.69, 9.17) is 25.8 Å². The summed E-state index contributed by atoms with van der Waals surface area (Å²) in [7, 11) is 1.79. The van der Waals surface area contributed by atoms with Gasteiger partial charge in [0.15, 0.2) is 11.5 Å². The third-order valence-electron chi connectivity index (χ3n) is 10.7. The molecule has 61 heavy (non-hydrogen) atoms. The van der Waals surface area contributed by atoms with Gasteiger partial charge in [-0.3, -0.25) is 0 Å². The second-order valence-electron chi connectivity index (χ2n) is 14.5. The number of nitrogens with one attached hydrogen (secondary N) is 1. The van der Waals surface area contributed by atoms with Crippen molar-refractivity contribution < 1.29 is 9.53 Å². The molecule has 0 amide bonds. The standard InChI is InChI=1S/C49H47N9O2S/c1-4-17-43-52-42(33-61-44-31-30-41(50)46(51-3)53-44)45(48(59)60-5-2)57(43)32-34-26-28-35(29-27-34)39-24-15-16-25-40(39)47-54-55-56-58(47)49(36-18-9-6-10-19-36,37-20-11-7-12-21-37)38-22-13-8-14-23-38/h6-16,18-31H,4-5,17,32-33,50H2,1-3H3,(H,51,53). The monoisotopic (exact) mass is 825 g/mol. The van der Waals surface area contributed by atoms with E-state index >= 15 is 0 Å². The van der Waals surface area contributed by atoms with Gasteiger partial charge in [0, 0.05) is 31.3 Å². The number of esters is 1. The van der Waals surface area contributed by atoms with E-state index in [0.29, 0.717) is 47.4 Å². The van der Waals surface area contributed by atoms with Crippen LogP contribution in [0.25, 0.3) is 22.5 Å². The number of carbonyl (C=O) groups excluding carboxylic acids is 1. The molecule has 3 heterocycles. The summed E-state index contributed by atoms with van der Waals surface area (Å²) in [4.78, 5) is 23.3. The lowest BCUT2D eigenvalue weighted by atomic mass is 9.77. The van der Waals surface area contributed by atoms with Crippen molar-refractivity contribution in [3.8, 4) is 22.5 Å². The van der Waals surface area contributed by atoms with Crippen molar-refractivity contribution >= 4 is 29.2 Å². The number of imidazole rings is 1. The van der Waals surface area contributed by atoms with E-state index in [1.165, 1.54) is 11.8 Å². The van der Waals surface area contributed by atoms with Gasteiger partial charge in [-0.1, -0.05) is 158 Å². The van der Waals surface area contributed by atoms with E-state index in [2.05, 4.69) is 132 Å². The number of carbonyl (C=O) groups is 1. The number of aryl methyl sites for hydroxylation is 1. The molecule has 0 aliphatic heterocycles. The van der Waals surface area contributed by atoms with Crippen LogP contribution < -0.4 is 11.1 Å². The highest BCUT2D eigenvalue weighted by Gasteiger charge is 2.42. The maximum atomic E-state index is 13.7. The topological polar surface area (TPSA) is 139 Å². The zero-order valence-electron chi connectivity index (χ0n) is 34.4. The molecule has 0 spiro atoms. The van der Waals surface area contributed by atoms with Gasteiger partial charge in [0.05, 0.1) is 23.0 Å². The molecule has 0 saturated carbocycles. The van der Waals surface area contributed by atoms with Gasteiger partial charge >= 0.3 is 5.97 Å². The lowest BCUT2D eigenvalue weighted by Crippen LogP contribution is -2.39. The van der Waals surface area contributed by atoms with Crippen molar-refractivity contribution in [2.24, 2.45) is 0 Å². The molecule has 0 fully saturated rings. The van der Waals surface area contributed by atoms with E-state index in [9.17, 15) is 4.79 Å². The normalized spacial score (nSPS) is 11.4. The van der Waals surface area contributed by atoms with E-state index in [1.54, 1.807) is 7.05 Å². The number of hydrogen-bond acceptors (Lipinski definition) is 10. The quantitative estimate of drug-likeness (QED) is 0.0550. The molecule has 8 aromatic rings. The first-order valence-electron chi connectivity index (χ1n) is 20.4. The summed E-state index contributed by atoms with van der Waals surface area (Å²) in [6.07, 6.45) is 1.57. The summed E-state index contributed by atoms with van der Waals surface area (Å²) >= 11 is 1.50. The number of thioether (sulfide) groups is 1. The molecule has 306 valence electrons. The lowest BCUT2D eigenvalue weighted by Gasteiger charge is -2.36. The van der Waals surface area contributed by atoms with Crippen molar-refractivity contribution in [3.05, 3.63) is 191 Å². The Morgan fingerprint density at radius 2 is 1.36 bits per heavy atom. The summed E-state index contributed by atoms with van der Waals surface area (Å²) < 4.78 is 9.59. The minimum absolute atomic E-state index is 0.255. The third-order valence-corrected chi connectivity index (χ3v) is 11.6. The molecule has 0 unspecified atom stereocenters. The number of anilines is 2. The van der Waals surface area contributed by atoms with E-state index < -0.39 is 11.5 Å². The van der Waals surface area contributed by atoms with Crippen LogP contribution in [0.5, 0.6) is 0 Å². The van der Waals surface area contributed by atoms with Crippen LogP contribution in [0.3, 0.4) is 0 Å². The smallest absolute Gasteiger partial charge is 0.356 e. The molecule has 0 atom stereocenters. The van der Waals surface area contributed by atoms with Gasteiger partial charge < -0.3 is 20.4 Å². The summed E-state index contributed by atoms with van der Waals surface area (Å²) in [5.74, 6) is 2.11. The van der Waals surface area contributed by atoms with Crippen LogP contribution >= 0.6 is 11.8 Å². The largest absolute Gasteiger partial charge is 0.461 e. The van der Waals surface area contributed by atoms with Crippen molar-refractivity contribution in [1.29, 1.82) is 0 Å². The molecule has 12 heteroatoms. The van der Waals surface area contributed by atoms with E-state index in [1.807, 2.05) is 58.6 Å². The van der Waals surface area contributed by atoms with Gasteiger partial charge in [0.2, 0.25) is 0 Å². The molecular formula is C49H47N9O2S. The average Bonchev–Trinajstić information content (AvgIpc) is 3.93. The Hall–Kier alpha value is -7.05. The molecular weight excluding hydrogens is 779 g/mol. The summed E-state index contributed by atoms with van der Waals surface area (Å²) in [5.41, 5.74) is 13.8. The molecule has 0 aliphatic rings. The van der Waals surface area contributed by atoms with Gasteiger partial charge in [-0.2, -0.15) is 0 Å². The van der Waals surface area contributed by atoms with Gasteiger partial charge in [0.25, 0.3) is 0 Å². The Labute approximate surface area is 360 Å². The summed E-state index contributed by atoms with van der Waals surface area (Å²) in [5, 5.41) is 17.7. The van der Waals surface area contributed by atoms with Crippen LogP contribution in [0.15, 0.2) is 157 Å². The third kappa shape index (κ3) is 8.14. The first-order chi connectivity index (χ1) is 30.0. The van der Waals surface area contributed by atoms with Crippen molar-refractivity contribution in [2.75, 3.05) is 24.7 Å². The second kappa shape index (κ2) is 18.5. The number of hydrogen-bond donors (Lipinski definition) is 2. The second-order valence-corrected chi connectivity index (χ2v) is 15.5. The van der Waals surface area contributed by atoms with Gasteiger partial charge in [-0.15, -0.1) is 5.10 Å². The highest BCUT2D eigenvalue weighted by molar-refractivity contribution is 7.98. The maximum absolute atomic E-state index is 13.7. The van der Waals surface area contributed by atoms with Gasteiger partial charge in [0.1, 0.15) is 17.2 Å². The summed E-state index contributed by atoms with van der Waals surface area (Å²) in [6.45, 7) is 4.63. The Balaban J connectivity index is 1.17. The SMILES string of the molecule is CCCc1nc(CSc2ccc(N)c(NC)n2)c(C(=O)OCC)n1Cc1ccc(-c2ccccc2-c2nnnn2C(c2ccccc2)(c2ccccc2)c2ccccc2)cc1. The Kier molecular flexibility index (Phi) is 12.3. The molecule has 8 rings (SSSR count). The number of benzene rings is 5. The summed E-state index contributed by atoms with van der Waals surface area (Å²) in [6, 6.07) is 51.6. The van der Waals surface area contributed by atoms with E-state index in [0.717, 1.165) is 56.2 Å². The predicted molar refractivity (Wildman–Crippen MR) is 242 cm³/mol. The van der Waals surface area contributed by atoms with Crippen LogP contribution in [0.1, 0.15) is 64.5 Å². The number of nitrogens with zero attached hydrogens (tertiary/aromatic N) is 7. The fraction of sp³-hybridized carbons (Fsp3) is 0.184. The molecule has 3 N–H and O–H groups in total. The van der Waals surface area contributed by atoms with Crippen molar-refractivity contribution in [2.45, 2.75) is 49.6 Å². The maximum Gasteiger partial charge on any atom is 0.356 e. The highest BCUT2D eigenvalue weighted by atomic mass is 32.2. The first-order valence-corrected chi connectivity index (χ1v) is 21.4. The first kappa shape index (κ1) is 40.7. The van der Waals surface area contributed by atoms with Crippen molar-refractivity contribution in [3.63, 3.8) is 0 Å². The van der Waals surface area contributed by atoms with Crippen LogP contribution in [0, 0.1) is 0 Å². The zero-order chi connectivity index (χ0) is 42.2. The number of pyridine rings is 1. The van der Waals surface area contributed by atoms with E-state index in [-0.39, 0.29) is 6.61 Å². The zero-order valence-corrected chi connectivity index (χ0v) is 35.2. The molecule has 0 radical (unpaired) electrons.